The third kappa shape index (κ3) is 6.82. The predicted octanol–water partition coefficient (Wildman–Crippen LogP) is 8.97. The average Bonchev–Trinajstić information content (AvgIpc) is 3.82. The van der Waals surface area contributed by atoms with E-state index in [4.69, 9.17) is 21.1 Å². The van der Waals surface area contributed by atoms with Gasteiger partial charge in [0.05, 0.1) is 57.8 Å². The van der Waals surface area contributed by atoms with Gasteiger partial charge in [-0.25, -0.2) is 0 Å². The van der Waals surface area contributed by atoms with Crippen molar-refractivity contribution in [2.45, 2.75) is 56.8 Å². The lowest BCUT2D eigenvalue weighted by atomic mass is 9.82. The number of methoxy groups -OCH3 is 1. The largest absolute Gasteiger partial charge is 0.497 e. The molecule has 1 saturated heterocycles. The second kappa shape index (κ2) is 15.9. The minimum atomic E-state index is -2.56. The lowest BCUT2D eigenvalue weighted by Crippen LogP contribution is -2.52. The van der Waals surface area contributed by atoms with E-state index in [2.05, 4.69) is 32.2 Å². The highest BCUT2D eigenvalue weighted by Crippen LogP contribution is 2.60. The van der Waals surface area contributed by atoms with Crippen LogP contribution in [0.1, 0.15) is 40.4 Å². The van der Waals surface area contributed by atoms with E-state index < -0.39 is 19.8 Å². The van der Waals surface area contributed by atoms with E-state index in [-0.39, 0.29) is 55.3 Å². The van der Waals surface area contributed by atoms with Gasteiger partial charge in [0.1, 0.15) is 5.75 Å². The summed E-state index contributed by atoms with van der Waals surface area (Å²) in [5, 5.41) is 13.7. The van der Waals surface area contributed by atoms with E-state index in [1.54, 1.807) is 27.9 Å². The van der Waals surface area contributed by atoms with Crippen molar-refractivity contribution < 1.29 is 29.0 Å². The monoisotopic (exact) mass is 849 g/mol. The van der Waals surface area contributed by atoms with Crippen LogP contribution in [0.5, 0.6) is 5.75 Å². The van der Waals surface area contributed by atoms with Gasteiger partial charge in [-0.05, 0) is 76.7 Å². The van der Waals surface area contributed by atoms with E-state index in [0.717, 1.165) is 44.2 Å². The van der Waals surface area contributed by atoms with Gasteiger partial charge in [0.15, 0.2) is 5.60 Å². The molecule has 1 spiro atoms. The van der Waals surface area contributed by atoms with Gasteiger partial charge in [-0.2, -0.15) is 0 Å². The standard InChI is InChI=1S/C50H48ClN3O6Si/c1-32-47(61(3,4)39-23-21-38(59-2)22-24-39)44(29-45(56)52(26-27-55)30-33-10-6-5-7-11-33)60-50(32)41-28-36(51)18-25-42(41)53(49(50)58)31-34-16-19-37(20-17-34)54-43-15-9-13-35-12-8-14-40(46(35)43)48(54)57/h5-25,28,32,44,47,55H,26-27,29-31H2,1-4H3/t32-,44+,47-,50+/m0/s1. The molecule has 9 rings (SSSR count). The number of amides is 3. The SMILES string of the molecule is COc1ccc([Si](C)(C)[C@@H]2[C@@H](CC(=O)N(CCO)Cc3ccccc3)O[C@]3(C(=O)N(Cc4ccc(N5C(=O)c6cccc7cccc5c67)cc4)c4ccc(Cl)cc43)[C@H]2C)cc1. The molecule has 9 nitrogen and oxygen atoms in total. The third-order valence-electron chi connectivity index (χ3n) is 13.2. The maximum atomic E-state index is 15.4. The van der Waals surface area contributed by atoms with Crippen molar-refractivity contribution in [1.29, 1.82) is 0 Å². The summed E-state index contributed by atoms with van der Waals surface area (Å²) in [7, 11) is -0.914. The summed E-state index contributed by atoms with van der Waals surface area (Å²) in [6.45, 7) is 7.25. The smallest absolute Gasteiger partial charge is 0.264 e. The number of carbonyl (C=O) groups is 3. The molecule has 0 aromatic heterocycles. The Morgan fingerprint density at radius 2 is 1.59 bits per heavy atom. The topological polar surface area (TPSA) is 99.6 Å². The number of hydrogen-bond donors (Lipinski definition) is 1. The van der Waals surface area contributed by atoms with Crippen LogP contribution >= 0.6 is 11.6 Å². The maximum absolute atomic E-state index is 15.4. The normalized spacial score (nSPS) is 20.5. The van der Waals surface area contributed by atoms with Crippen LogP contribution in [0.4, 0.5) is 17.1 Å². The number of carbonyl (C=O) groups excluding carboxylic acids is 3. The Balaban J connectivity index is 1.06. The van der Waals surface area contributed by atoms with Crippen LogP contribution < -0.4 is 19.7 Å². The lowest BCUT2D eigenvalue weighted by Gasteiger charge is -2.37. The third-order valence-corrected chi connectivity index (χ3v) is 17.8. The molecular formula is C50H48ClN3O6Si. The van der Waals surface area contributed by atoms with Gasteiger partial charge in [-0.3, -0.25) is 19.3 Å². The summed E-state index contributed by atoms with van der Waals surface area (Å²) in [6, 6.07) is 42.9. The second-order valence-corrected chi connectivity index (χ2v) is 22.0. The molecule has 6 aromatic carbocycles. The van der Waals surface area contributed by atoms with Gasteiger partial charge >= 0.3 is 0 Å². The number of fused-ring (bicyclic) bond motifs is 2. The van der Waals surface area contributed by atoms with Crippen molar-refractivity contribution in [3.63, 3.8) is 0 Å². The second-order valence-electron chi connectivity index (χ2n) is 16.9. The Kier molecular flexibility index (Phi) is 10.6. The van der Waals surface area contributed by atoms with Crippen LogP contribution in [0.2, 0.25) is 23.7 Å². The molecule has 310 valence electrons. The van der Waals surface area contributed by atoms with Crippen LogP contribution in [-0.4, -0.2) is 62.2 Å². The van der Waals surface area contributed by atoms with Crippen molar-refractivity contribution in [3.05, 3.63) is 161 Å². The Morgan fingerprint density at radius 1 is 0.869 bits per heavy atom. The summed E-state index contributed by atoms with van der Waals surface area (Å²) in [4.78, 5) is 48.8. The van der Waals surface area contributed by atoms with E-state index in [9.17, 15) is 14.7 Å². The van der Waals surface area contributed by atoms with Crippen LogP contribution in [0, 0.1) is 5.92 Å². The fraction of sp³-hybridized carbons (Fsp3) is 0.260. The van der Waals surface area contributed by atoms with Gasteiger partial charge < -0.3 is 24.4 Å². The molecule has 0 aliphatic carbocycles. The Bertz CT molecular complexity index is 2650. The molecule has 0 bridgehead atoms. The molecule has 11 heteroatoms. The lowest BCUT2D eigenvalue weighted by molar-refractivity contribution is -0.150. The average molecular weight is 850 g/mol. The molecule has 0 radical (unpaired) electrons. The zero-order chi connectivity index (χ0) is 42.6. The van der Waals surface area contributed by atoms with Crippen LogP contribution in [0.15, 0.2) is 133 Å². The van der Waals surface area contributed by atoms with Gasteiger partial charge in [-0.15, -0.1) is 0 Å². The maximum Gasteiger partial charge on any atom is 0.264 e. The molecule has 3 aliphatic heterocycles. The molecule has 4 atom stereocenters. The van der Waals surface area contributed by atoms with Crippen LogP contribution in [0.3, 0.4) is 0 Å². The zero-order valence-corrected chi connectivity index (χ0v) is 36.4. The number of hydrogen-bond acceptors (Lipinski definition) is 6. The summed E-state index contributed by atoms with van der Waals surface area (Å²) in [5.74, 6) is -0.0224. The van der Waals surface area contributed by atoms with Crippen molar-refractivity contribution >= 4 is 70.4 Å². The first kappa shape index (κ1) is 40.6. The quantitative estimate of drug-likeness (QED) is 0.124. The number of nitrogens with zero attached hydrogens (tertiary/aromatic N) is 3. The molecule has 0 saturated carbocycles. The highest BCUT2D eigenvalue weighted by atomic mass is 35.5. The highest BCUT2D eigenvalue weighted by Gasteiger charge is 2.66. The number of anilines is 3. The molecule has 3 heterocycles. The van der Waals surface area contributed by atoms with Crippen LogP contribution in [-0.2, 0) is 33.0 Å². The van der Waals surface area contributed by atoms with E-state index in [1.807, 2.05) is 115 Å². The fourth-order valence-electron chi connectivity index (χ4n) is 10.3. The Morgan fingerprint density at radius 3 is 2.30 bits per heavy atom. The number of rotatable bonds is 12. The Hall–Kier alpha value is -5.78. The predicted molar refractivity (Wildman–Crippen MR) is 243 cm³/mol. The zero-order valence-electron chi connectivity index (χ0n) is 34.7. The molecule has 3 amide bonds. The molecular weight excluding hydrogens is 802 g/mol. The molecule has 1 N–H and O–H groups in total. The van der Waals surface area contributed by atoms with E-state index >= 15 is 4.79 Å². The number of halogens is 1. The number of benzene rings is 6. The van der Waals surface area contributed by atoms with Crippen molar-refractivity contribution in [2.24, 2.45) is 5.92 Å². The van der Waals surface area contributed by atoms with Crippen molar-refractivity contribution in [2.75, 3.05) is 30.1 Å². The van der Waals surface area contributed by atoms with E-state index in [0.29, 0.717) is 28.4 Å². The number of aliphatic hydroxyl groups is 1. The number of ether oxygens (including phenoxy) is 2. The molecule has 61 heavy (non-hydrogen) atoms. The summed E-state index contributed by atoms with van der Waals surface area (Å²) in [6.07, 6.45) is -0.585. The summed E-state index contributed by atoms with van der Waals surface area (Å²) < 4.78 is 12.8. The first-order valence-corrected chi connectivity index (χ1v) is 24.2. The minimum absolute atomic E-state index is 0.0353. The minimum Gasteiger partial charge on any atom is -0.497 e. The number of aliphatic hydroxyl groups excluding tert-OH is 1. The van der Waals surface area contributed by atoms with Gasteiger partial charge in [0.2, 0.25) is 5.91 Å². The highest BCUT2D eigenvalue weighted by molar-refractivity contribution is 6.91. The molecule has 1 fully saturated rings. The Labute approximate surface area is 362 Å². The molecule has 0 unspecified atom stereocenters. The summed E-state index contributed by atoms with van der Waals surface area (Å²) in [5.41, 5.74) is 3.91. The van der Waals surface area contributed by atoms with Gasteiger partial charge in [0.25, 0.3) is 11.8 Å². The first-order chi connectivity index (χ1) is 29.5. The van der Waals surface area contributed by atoms with Gasteiger partial charge in [-0.1, -0.05) is 116 Å². The van der Waals surface area contributed by atoms with Crippen LogP contribution in [0.25, 0.3) is 10.8 Å². The van der Waals surface area contributed by atoms with E-state index in [1.165, 1.54) is 0 Å². The van der Waals surface area contributed by atoms with Gasteiger partial charge in [0, 0.05) is 40.7 Å². The van der Waals surface area contributed by atoms with Crippen molar-refractivity contribution in [3.8, 4) is 5.75 Å². The first-order valence-electron chi connectivity index (χ1n) is 20.8. The molecule has 6 aromatic rings. The molecule has 3 aliphatic rings. The fourth-order valence-corrected chi connectivity index (χ4v) is 14.4. The van der Waals surface area contributed by atoms with Crippen molar-refractivity contribution in [1.82, 2.24) is 4.90 Å². The summed E-state index contributed by atoms with van der Waals surface area (Å²) >= 11 is 6.76.